The highest BCUT2D eigenvalue weighted by molar-refractivity contribution is 6.45. The molecule has 0 unspecified atom stereocenters. The van der Waals surface area contributed by atoms with Gasteiger partial charge in [-0.05, 0) is 37.0 Å². The van der Waals surface area contributed by atoms with Crippen LogP contribution in [0.15, 0.2) is 24.3 Å². The fourth-order valence-corrected chi connectivity index (χ4v) is 2.19. The van der Waals surface area contributed by atoms with E-state index in [0.29, 0.717) is 42.8 Å². The highest BCUT2D eigenvalue weighted by Gasteiger charge is 2.17. The van der Waals surface area contributed by atoms with Crippen LogP contribution < -0.4 is 4.74 Å². The Morgan fingerprint density at radius 3 is 2.50 bits per heavy atom. The van der Waals surface area contributed by atoms with Crippen LogP contribution in [0, 0.1) is 0 Å². The highest BCUT2D eigenvalue weighted by Crippen LogP contribution is 2.35. The molecule has 0 aliphatic rings. The fourth-order valence-electron chi connectivity index (χ4n) is 1.73. The van der Waals surface area contributed by atoms with E-state index in [-0.39, 0.29) is 22.2 Å². The topological polar surface area (TPSA) is 63.6 Å². The molecule has 0 saturated heterocycles. The van der Waals surface area contributed by atoms with Crippen molar-refractivity contribution in [3.05, 3.63) is 39.9 Å². The third-order valence-electron chi connectivity index (χ3n) is 3.08. The monoisotopic (exact) mass is 344 g/mol. The smallest absolute Gasteiger partial charge is 0.303 e. The van der Waals surface area contributed by atoms with Crippen LogP contribution in [0.2, 0.25) is 10.0 Å². The highest BCUT2D eigenvalue weighted by atomic mass is 35.5. The number of ether oxygens (including phenoxy) is 1. The lowest BCUT2D eigenvalue weighted by Crippen LogP contribution is -2.05. The van der Waals surface area contributed by atoms with Gasteiger partial charge in [0, 0.05) is 12.0 Å². The van der Waals surface area contributed by atoms with Crippen LogP contribution in [0.1, 0.15) is 43.0 Å². The Hall–Kier alpha value is -1.52. The molecule has 1 rings (SSSR count). The number of carboxylic acids is 1. The van der Waals surface area contributed by atoms with E-state index in [0.717, 1.165) is 0 Å². The number of rotatable bonds is 9. The van der Waals surface area contributed by atoms with Crippen molar-refractivity contribution in [2.24, 2.45) is 0 Å². The number of allylic oxidation sites excluding steroid dienone is 1. The van der Waals surface area contributed by atoms with Crippen molar-refractivity contribution in [2.75, 3.05) is 6.61 Å². The summed E-state index contributed by atoms with van der Waals surface area (Å²) < 4.78 is 5.48. The van der Waals surface area contributed by atoms with E-state index in [9.17, 15) is 9.59 Å². The Kier molecular flexibility index (Phi) is 7.42. The molecule has 1 aromatic rings. The summed E-state index contributed by atoms with van der Waals surface area (Å²) >= 11 is 12.2. The van der Waals surface area contributed by atoms with Crippen molar-refractivity contribution in [3.63, 3.8) is 0 Å². The zero-order chi connectivity index (χ0) is 16.7. The molecule has 1 aromatic carbocycles. The van der Waals surface area contributed by atoms with Gasteiger partial charge in [0.15, 0.2) is 5.78 Å². The first-order valence-corrected chi connectivity index (χ1v) is 7.69. The van der Waals surface area contributed by atoms with Gasteiger partial charge in [-0.3, -0.25) is 9.59 Å². The number of carbonyl (C=O) groups excluding carboxylic acids is 1. The molecule has 0 aliphatic carbocycles. The number of carboxylic acid groups (broad SMARTS) is 1. The van der Waals surface area contributed by atoms with Gasteiger partial charge < -0.3 is 9.84 Å². The number of carbonyl (C=O) groups is 2. The Morgan fingerprint density at radius 1 is 1.23 bits per heavy atom. The van der Waals surface area contributed by atoms with E-state index in [1.165, 1.54) is 0 Å². The lowest BCUT2D eigenvalue weighted by atomic mass is 10.0. The summed E-state index contributed by atoms with van der Waals surface area (Å²) in [5.74, 6) is -0.692. The molecule has 120 valence electrons. The second kappa shape index (κ2) is 8.81. The first kappa shape index (κ1) is 18.5. The average molecular weight is 345 g/mol. The predicted molar refractivity (Wildman–Crippen MR) is 87.2 cm³/mol. The molecule has 22 heavy (non-hydrogen) atoms. The summed E-state index contributed by atoms with van der Waals surface area (Å²) in [4.78, 5) is 22.5. The summed E-state index contributed by atoms with van der Waals surface area (Å²) in [7, 11) is 0. The van der Waals surface area contributed by atoms with Gasteiger partial charge in [-0.25, -0.2) is 0 Å². The zero-order valence-corrected chi connectivity index (χ0v) is 13.8. The largest absolute Gasteiger partial charge is 0.492 e. The van der Waals surface area contributed by atoms with Gasteiger partial charge >= 0.3 is 5.97 Å². The van der Waals surface area contributed by atoms with Crippen LogP contribution in [0.25, 0.3) is 0 Å². The van der Waals surface area contributed by atoms with Crippen molar-refractivity contribution in [1.29, 1.82) is 0 Å². The molecular formula is C16H18Cl2O4. The molecule has 0 atom stereocenters. The number of benzene rings is 1. The summed E-state index contributed by atoms with van der Waals surface area (Å²) in [6.45, 7) is 5.87. The predicted octanol–water partition coefficient (Wildman–Crippen LogP) is 4.78. The Morgan fingerprint density at radius 2 is 1.91 bits per heavy atom. The van der Waals surface area contributed by atoms with E-state index in [1.807, 2.05) is 6.92 Å². The summed E-state index contributed by atoms with van der Waals surface area (Å²) in [6, 6.07) is 3.14. The second-order valence-corrected chi connectivity index (χ2v) is 5.48. The third-order valence-corrected chi connectivity index (χ3v) is 3.95. The standard InChI is InChI=1S/C16H18Cl2O4/c1-3-10(2)16(21)11-7-8-12(15(18)14(11)17)22-9-5-4-6-13(19)20/h7-8H,2-6,9H2,1H3,(H,19,20). The molecule has 0 radical (unpaired) electrons. The van der Waals surface area contributed by atoms with E-state index >= 15 is 0 Å². The van der Waals surface area contributed by atoms with Crippen molar-refractivity contribution < 1.29 is 19.4 Å². The Labute approximate surface area is 139 Å². The number of unbranched alkanes of at least 4 members (excludes halogenated alkanes) is 1. The SMILES string of the molecule is C=C(CC)C(=O)c1ccc(OCCCCC(=O)O)c(Cl)c1Cl. The van der Waals surface area contributed by atoms with Crippen LogP contribution in [-0.2, 0) is 4.79 Å². The molecular weight excluding hydrogens is 327 g/mol. The first-order valence-electron chi connectivity index (χ1n) is 6.93. The zero-order valence-electron chi connectivity index (χ0n) is 12.3. The van der Waals surface area contributed by atoms with Crippen molar-refractivity contribution in [1.82, 2.24) is 0 Å². The minimum atomic E-state index is -0.833. The molecule has 0 spiro atoms. The maximum absolute atomic E-state index is 12.1. The van der Waals surface area contributed by atoms with E-state index in [1.54, 1.807) is 12.1 Å². The first-order chi connectivity index (χ1) is 10.4. The Bertz CT molecular complexity index is 582. The van der Waals surface area contributed by atoms with Crippen molar-refractivity contribution >= 4 is 35.0 Å². The van der Waals surface area contributed by atoms with Gasteiger partial charge in [0.1, 0.15) is 10.8 Å². The number of Topliss-reactive ketones (excluding diaryl/α,β-unsaturated/α-hetero) is 1. The maximum atomic E-state index is 12.1. The molecule has 0 saturated carbocycles. The number of hydrogen-bond acceptors (Lipinski definition) is 3. The molecule has 4 nitrogen and oxygen atoms in total. The van der Waals surface area contributed by atoms with Crippen molar-refractivity contribution in [2.45, 2.75) is 32.6 Å². The van der Waals surface area contributed by atoms with Crippen LogP contribution in [-0.4, -0.2) is 23.5 Å². The van der Waals surface area contributed by atoms with Crippen LogP contribution in [0.4, 0.5) is 0 Å². The van der Waals surface area contributed by atoms with Gasteiger partial charge in [0.2, 0.25) is 0 Å². The van der Waals surface area contributed by atoms with E-state index in [2.05, 4.69) is 6.58 Å². The van der Waals surface area contributed by atoms with Crippen LogP contribution in [0.5, 0.6) is 5.75 Å². The van der Waals surface area contributed by atoms with E-state index < -0.39 is 5.97 Å². The fraction of sp³-hybridized carbons (Fsp3) is 0.375. The molecule has 0 aromatic heterocycles. The summed E-state index contributed by atoms with van der Waals surface area (Å²) in [5.41, 5.74) is 0.761. The molecule has 0 fully saturated rings. The van der Waals surface area contributed by atoms with Gasteiger partial charge in [0.05, 0.1) is 11.6 Å². The van der Waals surface area contributed by atoms with Gasteiger partial charge in [0.25, 0.3) is 0 Å². The average Bonchev–Trinajstić information content (AvgIpc) is 2.49. The van der Waals surface area contributed by atoms with Gasteiger partial charge in [-0.1, -0.05) is 36.7 Å². The molecule has 0 heterocycles. The number of aliphatic carboxylic acids is 1. The maximum Gasteiger partial charge on any atom is 0.303 e. The molecule has 0 aliphatic heterocycles. The van der Waals surface area contributed by atoms with Crippen LogP contribution >= 0.6 is 23.2 Å². The number of hydrogen-bond donors (Lipinski definition) is 1. The molecule has 0 amide bonds. The quantitative estimate of drug-likeness (QED) is 0.398. The third kappa shape index (κ3) is 5.04. The van der Waals surface area contributed by atoms with Crippen LogP contribution in [0.3, 0.4) is 0 Å². The van der Waals surface area contributed by atoms with Gasteiger partial charge in [-0.15, -0.1) is 0 Å². The molecule has 1 N–H and O–H groups in total. The molecule has 0 bridgehead atoms. The Balaban J connectivity index is 2.72. The normalized spacial score (nSPS) is 10.3. The van der Waals surface area contributed by atoms with E-state index in [4.69, 9.17) is 33.0 Å². The lowest BCUT2D eigenvalue weighted by Gasteiger charge is -2.12. The minimum absolute atomic E-state index is 0.102. The van der Waals surface area contributed by atoms with Gasteiger partial charge in [-0.2, -0.15) is 0 Å². The second-order valence-electron chi connectivity index (χ2n) is 4.72. The minimum Gasteiger partial charge on any atom is -0.492 e. The number of ketones is 1. The lowest BCUT2D eigenvalue weighted by molar-refractivity contribution is -0.137. The number of halogens is 2. The summed E-state index contributed by atoms with van der Waals surface area (Å²) in [5, 5.41) is 8.86. The molecule has 6 heteroatoms. The van der Waals surface area contributed by atoms with Crippen molar-refractivity contribution in [3.8, 4) is 5.75 Å². The summed E-state index contributed by atoms with van der Waals surface area (Å²) in [6.07, 6.45) is 1.75.